The van der Waals surface area contributed by atoms with Crippen LogP contribution in [0.25, 0.3) is 11.1 Å². The topological polar surface area (TPSA) is 68.5 Å². The third-order valence-electron chi connectivity index (χ3n) is 4.65. The molecule has 0 unspecified atom stereocenters. The molecular weight excluding hydrogens is 330 g/mol. The lowest BCUT2D eigenvalue weighted by Gasteiger charge is -2.25. The molecule has 0 fully saturated rings. The van der Waals surface area contributed by atoms with Crippen LogP contribution in [0.3, 0.4) is 0 Å². The van der Waals surface area contributed by atoms with Crippen molar-refractivity contribution in [2.24, 2.45) is 0 Å². The molecule has 0 aliphatic rings. The SMILES string of the molecule is COc1ccc(C[C@@H](C)N(C)C(=O)c2cc(C)nc3onc(C)c23)cc1. The van der Waals surface area contributed by atoms with E-state index in [0.717, 1.165) is 23.4 Å². The van der Waals surface area contributed by atoms with Gasteiger partial charge >= 0.3 is 0 Å². The van der Waals surface area contributed by atoms with E-state index in [-0.39, 0.29) is 11.9 Å². The minimum atomic E-state index is -0.0622. The van der Waals surface area contributed by atoms with Gasteiger partial charge in [0.1, 0.15) is 5.75 Å². The summed E-state index contributed by atoms with van der Waals surface area (Å²) in [6, 6.07) is 9.73. The van der Waals surface area contributed by atoms with Crippen molar-refractivity contribution >= 4 is 17.0 Å². The van der Waals surface area contributed by atoms with Crippen LogP contribution in [0.4, 0.5) is 0 Å². The monoisotopic (exact) mass is 353 g/mol. The van der Waals surface area contributed by atoms with Gasteiger partial charge in [0.25, 0.3) is 11.6 Å². The Morgan fingerprint density at radius 3 is 2.62 bits per heavy atom. The lowest BCUT2D eigenvalue weighted by molar-refractivity contribution is 0.0745. The highest BCUT2D eigenvalue weighted by Crippen LogP contribution is 2.24. The molecule has 136 valence electrons. The van der Waals surface area contributed by atoms with Crippen LogP contribution in [0.5, 0.6) is 5.75 Å². The van der Waals surface area contributed by atoms with Gasteiger partial charge in [0.2, 0.25) is 0 Å². The van der Waals surface area contributed by atoms with Crippen LogP contribution >= 0.6 is 0 Å². The standard InChI is InChI=1S/C20H23N3O3/c1-12-10-17(18-14(3)22-26-19(18)21-12)20(24)23(4)13(2)11-15-6-8-16(25-5)9-7-15/h6-10,13H,11H2,1-5H3/t13-/m1/s1. The third-order valence-corrected chi connectivity index (χ3v) is 4.65. The van der Waals surface area contributed by atoms with Crippen molar-refractivity contribution in [1.29, 1.82) is 0 Å². The summed E-state index contributed by atoms with van der Waals surface area (Å²) in [5, 5.41) is 4.63. The average Bonchev–Trinajstić information content (AvgIpc) is 3.01. The number of likely N-dealkylation sites (N-methyl/N-ethyl adjacent to an activating group) is 1. The molecule has 3 aromatic rings. The van der Waals surface area contributed by atoms with E-state index in [1.165, 1.54) is 0 Å². The van der Waals surface area contributed by atoms with E-state index in [1.54, 1.807) is 18.1 Å². The summed E-state index contributed by atoms with van der Waals surface area (Å²) >= 11 is 0. The Morgan fingerprint density at radius 1 is 1.27 bits per heavy atom. The second kappa shape index (κ2) is 7.15. The smallest absolute Gasteiger partial charge is 0.258 e. The summed E-state index contributed by atoms with van der Waals surface area (Å²) in [6.45, 7) is 5.70. The molecule has 6 heteroatoms. The number of nitrogens with zero attached hydrogens (tertiary/aromatic N) is 3. The number of methoxy groups -OCH3 is 1. The van der Waals surface area contributed by atoms with Crippen molar-refractivity contribution in [1.82, 2.24) is 15.0 Å². The normalized spacial score (nSPS) is 12.2. The molecular formula is C20H23N3O3. The fraction of sp³-hybridized carbons (Fsp3) is 0.350. The van der Waals surface area contributed by atoms with Gasteiger partial charge in [-0.2, -0.15) is 0 Å². The molecule has 0 spiro atoms. The maximum Gasteiger partial charge on any atom is 0.258 e. The lowest BCUT2D eigenvalue weighted by Crippen LogP contribution is -2.36. The number of hydrogen-bond donors (Lipinski definition) is 0. The van der Waals surface area contributed by atoms with Gasteiger partial charge in [0, 0.05) is 18.8 Å². The van der Waals surface area contributed by atoms with Gasteiger partial charge in [-0.1, -0.05) is 17.3 Å². The highest BCUT2D eigenvalue weighted by Gasteiger charge is 2.23. The Morgan fingerprint density at radius 2 is 1.96 bits per heavy atom. The molecule has 26 heavy (non-hydrogen) atoms. The molecule has 0 aliphatic heterocycles. The summed E-state index contributed by atoms with van der Waals surface area (Å²) in [7, 11) is 3.47. The number of rotatable bonds is 5. The Balaban J connectivity index is 1.83. The fourth-order valence-electron chi connectivity index (χ4n) is 3.02. The number of aromatic nitrogens is 2. The maximum absolute atomic E-state index is 13.1. The molecule has 0 radical (unpaired) electrons. The lowest BCUT2D eigenvalue weighted by atomic mass is 10.0. The van der Waals surface area contributed by atoms with Gasteiger partial charge < -0.3 is 14.2 Å². The van der Waals surface area contributed by atoms with Gasteiger partial charge in [0.05, 0.1) is 23.8 Å². The number of aryl methyl sites for hydroxylation is 2. The first-order valence-electron chi connectivity index (χ1n) is 8.54. The first kappa shape index (κ1) is 17.9. The minimum absolute atomic E-state index is 0.0274. The van der Waals surface area contributed by atoms with Crippen molar-refractivity contribution in [2.75, 3.05) is 14.2 Å². The molecule has 1 amide bonds. The predicted octanol–water partition coefficient (Wildman–Crippen LogP) is 3.55. The van der Waals surface area contributed by atoms with Crippen LogP contribution < -0.4 is 4.74 Å². The number of amides is 1. The summed E-state index contributed by atoms with van der Waals surface area (Å²) in [5.41, 5.74) is 3.54. The zero-order valence-corrected chi connectivity index (χ0v) is 15.7. The van der Waals surface area contributed by atoms with Crippen molar-refractivity contribution in [2.45, 2.75) is 33.2 Å². The van der Waals surface area contributed by atoms with E-state index < -0.39 is 0 Å². The van der Waals surface area contributed by atoms with E-state index >= 15 is 0 Å². The van der Waals surface area contributed by atoms with Crippen LogP contribution in [0.1, 0.15) is 34.2 Å². The summed E-state index contributed by atoms with van der Waals surface area (Å²) < 4.78 is 10.4. The van der Waals surface area contributed by atoms with Gasteiger partial charge in [-0.15, -0.1) is 0 Å². The number of hydrogen-bond acceptors (Lipinski definition) is 5. The Hall–Kier alpha value is -2.89. The van der Waals surface area contributed by atoms with Gasteiger partial charge in [0.15, 0.2) is 0 Å². The van der Waals surface area contributed by atoms with E-state index in [0.29, 0.717) is 22.4 Å². The van der Waals surface area contributed by atoms with Crippen LogP contribution in [0, 0.1) is 13.8 Å². The van der Waals surface area contributed by atoms with Crippen LogP contribution in [-0.4, -0.2) is 41.1 Å². The van der Waals surface area contributed by atoms with E-state index in [1.807, 2.05) is 52.1 Å². The second-order valence-corrected chi connectivity index (χ2v) is 6.58. The molecule has 2 aromatic heterocycles. The number of ether oxygens (including phenoxy) is 1. The molecule has 1 aromatic carbocycles. The molecule has 0 bridgehead atoms. The van der Waals surface area contributed by atoms with E-state index in [9.17, 15) is 4.79 Å². The van der Waals surface area contributed by atoms with Crippen molar-refractivity contribution in [3.8, 4) is 5.75 Å². The van der Waals surface area contributed by atoms with Gasteiger partial charge in [-0.05, 0) is 51.0 Å². The number of carbonyl (C=O) groups is 1. The largest absolute Gasteiger partial charge is 0.497 e. The summed E-state index contributed by atoms with van der Waals surface area (Å²) in [6.07, 6.45) is 0.752. The van der Waals surface area contributed by atoms with Crippen molar-refractivity contribution < 1.29 is 14.1 Å². The Labute approximate surface area is 152 Å². The minimum Gasteiger partial charge on any atom is -0.497 e. The van der Waals surface area contributed by atoms with E-state index in [4.69, 9.17) is 9.26 Å². The van der Waals surface area contributed by atoms with Gasteiger partial charge in [-0.3, -0.25) is 4.79 Å². The molecule has 0 aliphatic carbocycles. The Bertz CT molecular complexity index is 931. The number of carbonyl (C=O) groups excluding carboxylic acids is 1. The fourth-order valence-corrected chi connectivity index (χ4v) is 3.02. The van der Waals surface area contributed by atoms with Crippen LogP contribution in [0.2, 0.25) is 0 Å². The molecule has 0 N–H and O–H groups in total. The predicted molar refractivity (Wildman–Crippen MR) is 99.5 cm³/mol. The number of pyridine rings is 1. The molecule has 2 heterocycles. The van der Waals surface area contributed by atoms with Crippen molar-refractivity contribution in [3.05, 3.63) is 52.8 Å². The van der Waals surface area contributed by atoms with Crippen molar-refractivity contribution in [3.63, 3.8) is 0 Å². The highest BCUT2D eigenvalue weighted by molar-refractivity contribution is 6.06. The number of benzene rings is 1. The molecule has 3 rings (SSSR count). The summed E-state index contributed by atoms with van der Waals surface area (Å²) in [5.74, 6) is 0.760. The molecule has 6 nitrogen and oxygen atoms in total. The third kappa shape index (κ3) is 3.40. The quantitative estimate of drug-likeness (QED) is 0.702. The molecule has 1 atom stereocenters. The van der Waals surface area contributed by atoms with Crippen LogP contribution in [0.15, 0.2) is 34.9 Å². The molecule has 0 saturated heterocycles. The maximum atomic E-state index is 13.1. The zero-order chi connectivity index (χ0) is 18.8. The van der Waals surface area contributed by atoms with Gasteiger partial charge in [-0.25, -0.2) is 4.98 Å². The average molecular weight is 353 g/mol. The Kier molecular flexibility index (Phi) is 4.93. The first-order valence-corrected chi connectivity index (χ1v) is 8.54. The van der Waals surface area contributed by atoms with E-state index in [2.05, 4.69) is 10.1 Å². The first-order chi connectivity index (χ1) is 12.4. The number of fused-ring (bicyclic) bond motifs is 1. The molecule has 0 saturated carbocycles. The zero-order valence-electron chi connectivity index (χ0n) is 15.7. The summed E-state index contributed by atoms with van der Waals surface area (Å²) in [4.78, 5) is 19.2. The second-order valence-electron chi connectivity index (χ2n) is 6.58. The van der Waals surface area contributed by atoms with Crippen LogP contribution in [-0.2, 0) is 6.42 Å². The highest BCUT2D eigenvalue weighted by atomic mass is 16.5.